The quantitative estimate of drug-likeness (QED) is 0.390. The van der Waals surface area contributed by atoms with Crippen molar-refractivity contribution in [2.45, 2.75) is 26.3 Å². The van der Waals surface area contributed by atoms with E-state index < -0.39 is 0 Å². The van der Waals surface area contributed by atoms with Gasteiger partial charge >= 0.3 is 0 Å². The number of rotatable bonds is 13. The first kappa shape index (κ1) is 24.2. The summed E-state index contributed by atoms with van der Waals surface area (Å²) in [5, 5.41) is 2.91. The molecule has 168 valence electrons. The zero-order chi connectivity index (χ0) is 22.6. The Morgan fingerprint density at radius 2 is 1.71 bits per heavy atom. The Balaban J connectivity index is 1.68. The summed E-state index contributed by atoms with van der Waals surface area (Å²) in [6.45, 7) is 3.85. The van der Waals surface area contributed by atoms with Crippen LogP contribution in [0.3, 0.4) is 0 Å². The Kier molecular flexibility index (Phi) is 9.84. The molecule has 0 aliphatic heterocycles. The number of methoxy groups -OCH3 is 1. The van der Waals surface area contributed by atoms with Crippen molar-refractivity contribution in [3.63, 3.8) is 0 Å². The normalized spacial score (nSPS) is 10.6. The molecule has 0 heterocycles. The molecule has 0 fully saturated rings. The van der Waals surface area contributed by atoms with E-state index in [2.05, 4.69) is 10.2 Å². The van der Waals surface area contributed by atoms with Crippen LogP contribution in [-0.4, -0.2) is 57.6 Å². The number of hydrogen-bond acceptors (Lipinski definition) is 6. The van der Waals surface area contributed by atoms with E-state index in [9.17, 15) is 9.59 Å². The van der Waals surface area contributed by atoms with Crippen LogP contribution in [0.4, 0.5) is 0 Å². The fraction of sp³-hybridized carbons (Fsp3) is 0.417. The van der Waals surface area contributed by atoms with Crippen LogP contribution >= 0.6 is 0 Å². The monoisotopic (exact) mass is 428 g/mol. The van der Waals surface area contributed by atoms with E-state index >= 15 is 0 Å². The molecule has 0 radical (unpaired) electrons. The molecular weight excluding hydrogens is 396 g/mol. The smallest absolute Gasteiger partial charge is 0.220 e. The molecule has 0 aliphatic rings. The van der Waals surface area contributed by atoms with Crippen LogP contribution < -0.4 is 19.5 Å². The molecule has 0 spiro atoms. The fourth-order valence-electron chi connectivity index (χ4n) is 2.76. The van der Waals surface area contributed by atoms with Crippen LogP contribution in [0.2, 0.25) is 0 Å². The highest BCUT2D eigenvalue weighted by atomic mass is 16.5. The standard InChI is InChI=1S/C24H32N2O5/c1-18(27)20-9-12-22(23(16-20)29-4)31-14-5-6-24(28)25-17-19-7-10-21(11-8-19)30-15-13-26(2)3/h7-12,16H,5-6,13-15,17H2,1-4H3,(H,25,28). The number of nitrogens with zero attached hydrogens (tertiary/aromatic N) is 1. The third-order valence-corrected chi connectivity index (χ3v) is 4.60. The van der Waals surface area contributed by atoms with Gasteiger partial charge in [0.2, 0.25) is 5.91 Å². The Hall–Kier alpha value is -3.06. The van der Waals surface area contributed by atoms with Gasteiger partial charge in [-0.25, -0.2) is 0 Å². The SMILES string of the molecule is COc1cc(C(C)=O)ccc1OCCCC(=O)NCc1ccc(OCCN(C)C)cc1. The average molecular weight is 429 g/mol. The van der Waals surface area contributed by atoms with Gasteiger partial charge in [-0.05, 0) is 63.3 Å². The van der Waals surface area contributed by atoms with E-state index in [0.717, 1.165) is 17.9 Å². The first-order chi connectivity index (χ1) is 14.9. The second-order valence-electron chi connectivity index (χ2n) is 7.45. The molecular formula is C24H32N2O5. The highest BCUT2D eigenvalue weighted by Gasteiger charge is 2.09. The predicted molar refractivity (Wildman–Crippen MR) is 120 cm³/mol. The molecule has 2 rings (SSSR count). The number of ether oxygens (including phenoxy) is 3. The summed E-state index contributed by atoms with van der Waals surface area (Å²) >= 11 is 0. The third-order valence-electron chi connectivity index (χ3n) is 4.60. The van der Waals surface area contributed by atoms with E-state index in [1.54, 1.807) is 18.2 Å². The van der Waals surface area contributed by atoms with Gasteiger partial charge in [0.1, 0.15) is 12.4 Å². The largest absolute Gasteiger partial charge is 0.493 e. The summed E-state index contributed by atoms with van der Waals surface area (Å²) < 4.78 is 16.6. The number of benzene rings is 2. The van der Waals surface area contributed by atoms with Crippen molar-refractivity contribution in [2.75, 3.05) is 41.0 Å². The van der Waals surface area contributed by atoms with Crippen LogP contribution in [0.5, 0.6) is 17.2 Å². The van der Waals surface area contributed by atoms with E-state index in [1.807, 2.05) is 38.4 Å². The van der Waals surface area contributed by atoms with Gasteiger partial charge in [0.05, 0.1) is 13.7 Å². The molecule has 2 aromatic carbocycles. The lowest BCUT2D eigenvalue weighted by Crippen LogP contribution is -2.23. The van der Waals surface area contributed by atoms with Gasteiger partial charge in [-0.15, -0.1) is 0 Å². The molecule has 1 N–H and O–H groups in total. The van der Waals surface area contributed by atoms with E-state index in [4.69, 9.17) is 14.2 Å². The molecule has 1 amide bonds. The number of likely N-dealkylation sites (N-methyl/N-ethyl adjacent to an activating group) is 1. The number of amides is 1. The van der Waals surface area contributed by atoms with Crippen molar-refractivity contribution in [3.05, 3.63) is 53.6 Å². The maximum atomic E-state index is 12.1. The van der Waals surface area contributed by atoms with Gasteiger partial charge in [0.25, 0.3) is 0 Å². The van der Waals surface area contributed by atoms with E-state index in [1.165, 1.54) is 14.0 Å². The van der Waals surface area contributed by atoms with Crippen molar-refractivity contribution in [1.29, 1.82) is 0 Å². The maximum absolute atomic E-state index is 12.1. The molecule has 0 aliphatic carbocycles. The molecule has 0 bridgehead atoms. The second kappa shape index (κ2) is 12.6. The summed E-state index contributed by atoms with van der Waals surface area (Å²) in [5.41, 5.74) is 1.58. The van der Waals surface area contributed by atoms with Crippen molar-refractivity contribution in [2.24, 2.45) is 0 Å². The molecule has 0 aromatic heterocycles. The summed E-state index contributed by atoms with van der Waals surface area (Å²) in [4.78, 5) is 25.6. The van der Waals surface area contributed by atoms with Gasteiger partial charge in [-0.3, -0.25) is 9.59 Å². The predicted octanol–water partition coefficient (Wildman–Crippen LogP) is 3.31. The highest BCUT2D eigenvalue weighted by Crippen LogP contribution is 2.28. The maximum Gasteiger partial charge on any atom is 0.220 e. The van der Waals surface area contributed by atoms with E-state index in [0.29, 0.717) is 49.7 Å². The first-order valence-corrected chi connectivity index (χ1v) is 10.3. The van der Waals surface area contributed by atoms with Crippen LogP contribution in [0.1, 0.15) is 35.7 Å². The lowest BCUT2D eigenvalue weighted by molar-refractivity contribution is -0.121. The summed E-state index contributed by atoms with van der Waals surface area (Å²) in [6.07, 6.45) is 0.932. The van der Waals surface area contributed by atoms with Crippen LogP contribution in [-0.2, 0) is 11.3 Å². The van der Waals surface area contributed by atoms with Gasteiger partial charge in [0, 0.05) is 25.1 Å². The Bertz CT molecular complexity index is 850. The van der Waals surface area contributed by atoms with Crippen LogP contribution in [0, 0.1) is 0 Å². The Morgan fingerprint density at radius 3 is 2.35 bits per heavy atom. The number of nitrogens with one attached hydrogen (secondary N) is 1. The molecule has 0 atom stereocenters. The number of ketones is 1. The van der Waals surface area contributed by atoms with Gasteiger partial charge in [0.15, 0.2) is 17.3 Å². The minimum absolute atomic E-state index is 0.0335. The second-order valence-corrected chi connectivity index (χ2v) is 7.45. The Labute approximate surface area is 184 Å². The van der Waals surface area contributed by atoms with E-state index in [-0.39, 0.29) is 11.7 Å². The van der Waals surface area contributed by atoms with Crippen molar-refractivity contribution in [1.82, 2.24) is 10.2 Å². The highest BCUT2D eigenvalue weighted by molar-refractivity contribution is 5.94. The molecule has 7 heteroatoms. The lowest BCUT2D eigenvalue weighted by Gasteiger charge is -2.12. The minimum atomic E-state index is -0.0342. The topological polar surface area (TPSA) is 77.1 Å². The van der Waals surface area contributed by atoms with Crippen molar-refractivity contribution in [3.8, 4) is 17.2 Å². The minimum Gasteiger partial charge on any atom is -0.493 e. The fourth-order valence-corrected chi connectivity index (χ4v) is 2.76. The molecule has 0 saturated carbocycles. The van der Waals surface area contributed by atoms with Gasteiger partial charge < -0.3 is 24.4 Å². The zero-order valence-electron chi connectivity index (χ0n) is 18.8. The number of carbonyl (C=O) groups is 2. The van der Waals surface area contributed by atoms with Crippen LogP contribution in [0.15, 0.2) is 42.5 Å². The average Bonchev–Trinajstić information content (AvgIpc) is 2.75. The summed E-state index contributed by atoms with van der Waals surface area (Å²) in [5.74, 6) is 1.81. The molecule has 0 unspecified atom stereocenters. The van der Waals surface area contributed by atoms with Crippen LogP contribution in [0.25, 0.3) is 0 Å². The third kappa shape index (κ3) is 8.68. The Morgan fingerprint density at radius 1 is 0.968 bits per heavy atom. The molecule has 2 aromatic rings. The molecule has 7 nitrogen and oxygen atoms in total. The molecule has 31 heavy (non-hydrogen) atoms. The number of Topliss-reactive ketones (excluding diaryl/α,β-unsaturated/α-hetero) is 1. The van der Waals surface area contributed by atoms with Gasteiger partial charge in [-0.2, -0.15) is 0 Å². The van der Waals surface area contributed by atoms with Crippen molar-refractivity contribution >= 4 is 11.7 Å². The number of carbonyl (C=O) groups excluding carboxylic acids is 2. The van der Waals surface area contributed by atoms with Crippen molar-refractivity contribution < 1.29 is 23.8 Å². The lowest BCUT2D eigenvalue weighted by atomic mass is 10.1. The first-order valence-electron chi connectivity index (χ1n) is 10.3. The van der Waals surface area contributed by atoms with Gasteiger partial charge in [-0.1, -0.05) is 12.1 Å². The summed E-state index contributed by atoms with van der Waals surface area (Å²) in [6, 6.07) is 12.8. The zero-order valence-corrected chi connectivity index (χ0v) is 18.8. The molecule has 0 saturated heterocycles. The summed E-state index contributed by atoms with van der Waals surface area (Å²) in [7, 11) is 5.54. The number of hydrogen-bond donors (Lipinski definition) is 1.